The maximum Gasteiger partial charge on any atom is 0.173 e. The molecule has 0 unspecified atom stereocenters. The minimum Gasteiger partial charge on any atom is -0.492 e. The van der Waals surface area contributed by atoms with E-state index in [1.54, 1.807) is 0 Å². The Hall–Kier alpha value is -1.30. The molecule has 2 aromatic rings. The van der Waals surface area contributed by atoms with Gasteiger partial charge in [0.1, 0.15) is 12.4 Å². The van der Waals surface area contributed by atoms with Crippen molar-refractivity contribution in [2.45, 2.75) is 6.92 Å². The molecule has 0 spiro atoms. The van der Waals surface area contributed by atoms with Crippen LogP contribution in [-0.2, 0) is 0 Å². The number of nitrogens with zero attached hydrogens (tertiary/aromatic N) is 1. The number of likely N-dealkylation sites (N-methyl/N-ethyl adjacent to an activating group) is 1. The highest BCUT2D eigenvalue weighted by atomic mass is 79.9. The van der Waals surface area contributed by atoms with E-state index < -0.39 is 0 Å². The van der Waals surface area contributed by atoms with Gasteiger partial charge in [-0.15, -0.1) is 0 Å². The smallest absolute Gasteiger partial charge is 0.173 e. The van der Waals surface area contributed by atoms with Crippen molar-refractivity contribution in [3.8, 4) is 5.75 Å². The Morgan fingerprint density at radius 1 is 1.26 bits per heavy atom. The lowest BCUT2D eigenvalue weighted by Gasteiger charge is -2.21. The second-order valence-electron chi connectivity index (χ2n) is 5.12. The molecule has 1 N–H and O–H groups in total. The predicted octanol–water partition coefficient (Wildman–Crippen LogP) is 5.12. The van der Waals surface area contributed by atoms with Gasteiger partial charge in [0.2, 0.25) is 0 Å². The van der Waals surface area contributed by atoms with Gasteiger partial charge in [-0.2, -0.15) is 0 Å². The SMILES string of the molecule is Cc1ccc(NC(=S)N(C)CCOc2ccc(Br)cc2)cc1Cl. The van der Waals surface area contributed by atoms with Crippen LogP contribution >= 0.6 is 39.7 Å². The van der Waals surface area contributed by atoms with Crippen LogP contribution in [-0.4, -0.2) is 30.2 Å². The summed E-state index contributed by atoms with van der Waals surface area (Å²) < 4.78 is 6.73. The van der Waals surface area contributed by atoms with Gasteiger partial charge in [0.05, 0.1) is 6.54 Å². The van der Waals surface area contributed by atoms with Crippen molar-refractivity contribution in [3.63, 3.8) is 0 Å². The van der Waals surface area contributed by atoms with Crippen LogP contribution in [0.3, 0.4) is 0 Å². The van der Waals surface area contributed by atoms with Gasteiger partial charge in [-0.25, -0.2) is 0 Å². The summed E-state index contributed by atoms with van der Waals surface area (Å²) in [7, 11) is 1.93. The second kappa shape index (κ2) is 8.52. The Kier molecular flexibility index (Phi) is 6.69. The highest BCUT2D eigenvalue weighted by Crippen LogP contribution is 2.20. The fourth-order valence-corrected chi connectivity index (χ4v) is 2.48. The number of halogens is 2. The van der Waals surface area contributed by atoms with Gasteiger partial charge < -0.3 is 15.0 Å². The van der Waals surface area contributed by atoms with Crippen LogP contribution < -0.4 is 10.1 Å². The van der Waals surface area contributed by atoms with Crippen LogP contribution in [0, 0.1) is 6.92 Å². The molecule has 0 radical (unpaired) electrons. The standard InChI is InChI=1S/C17H18BrClN2OS/c1-12-3-6-14(11-16(12)19)20-17(23)21(2)9-10-22-15-7-4-13(18)5-8-15/h3-8,11H,9-10H2,1-2H3,(H,20,23). The quantitative estimate of drug-likeness (QED) is 0.688. The third-order valence-electron chi connectivity index (χ3n) is 3.28. The largest absolute Gasteiger partial charge is 0.492 e. The molecule has 3 nitrogen and oxygen atoms in total. The zero-order chi connectivity index (χ0) is 16.8. The summed E-state index contributed by atoms with van der Waals surface area (Å²) in [5.74, 6) is 0.839. The molecule has 122 valence electrons. The minimum atomic E-state index is 0.550. The number of hydrogen-bond acceptors (Lipinski definition) is 2. The first-order valence-corrected chi connectivity index (χ1v) is 8.70. The molecule has 2 rings (SSSR count). The molecule has 2 aromatic carbocycles. The normalized spacial score (nSPS) is 10.3. The number of hydrogen-bond donors (Lipinski definition) is 1. The Morgan fingerprint density at radius 2 is 1.96 bits per heavy atom. The first-order valence-electron chi connectivity index (χ1n) is 7.12. The van der Waals surface area contributed by atoms with Gasteiger partial charge in [-0.3, -0.25) is 0 Å². The molecular formula is C17H18BrClN2OS. The molecule has 0 heterocycles. The van der Waals surface area contributed by atoms with Crippen LogP contribution in [0.15, 0.2) is 46.9 Å². The van der Waals surface area contributed by atoms with Gasteiger partial charge in [0.15, 0.2) is 5.11 Å². The lowest BCUT2D eigenvalue weighted by atomic mass is 10.2. The predicted molar refractivity (Wildman–Crippen MR) is 105 cm³/mol. The molecule has 0 fully saturated rings. The highest BCUT2D eigenvalue weighted by molar-refractivity contribution is 9.10. The zero-order valence-electron chi connectivity index (χ0n) is 13.0. The number of ether oxygens (including phenoxy) is 1. The van der Waals surface area contributed by atoms with Crippen molar-refractivity contribution in [2.24, 2.45) is 0 Å². The fourth-order valence-electron chi connectivity index (χ4n) is 1.82. The number of thiocarbonyl (C=S) groups is 1. The topological polar surface area (TPSA) is 24.5 Å². The number of rotatable bonds is 5. The zero-order valence-corrected chi connectivity index (χ0v) is 16.1. The second-order valence-corrected chi connectivity index (χ2v) is 6.83. The molecule has 0 amide bonds. The number of anilines is 1. The Balaban J connectivity index is 1.80. The third kappa shape index (κ3) is 5.68. The van der Waals surface area contributed by atoms with Crippen LogP contribution in [0.5, 0.6) is 5.75 Å². The van der Waals surface area contributed by atoms with Gasteiger partial charge in [-0.05, 0) is 61.1 Å². The Morgan fingerprint density at radius 3 is 2.61 bits per heavy atom. The van der Waals surface area contributed by atoms with Gasteiger partial charge >= 0.3 is 0 Å². The molecule has 0 saturated carbocycles. The molecular weight excluding hydrogens is 396 g/mol. The fraction of sp³-hybridized carbons (Fsp3) is 0.235. The molecule has 0 aromatic heterocycles. The lowest BCUT2D eigenvalue weighted by molar-refractivity contribution is 0.285. The van der Waals surface area contributed by atoms with E-state index in [1.807, 2.05) is 61.3 Å². The van der Waals surface area contributed by atoms with Gasteiger partial charge in [-0.1, -0.05) is 33.6 Å². The lowest BCUT2D eigenvalue weighted by Crippen LogP contribution is -2.34. The van der Waals surface area contributed by atoms with E-state index in [9.17, 15) is 0 Å². The van der Waals surface area contributed by atoms with Crippen LogP contribution in [0.2, 0.25) is 5.02 Å². The molecule has 23 heavy (non-hydrogen) atoms. The number of aryl methyl sites for hydroxylation is 1. The van der Waals surface area contributed by atoms with E-state index in [4.69, 9.17) is 28.6 Å². The van der Waals surface area contributed by atoms with E-state index >= 15 is 0 Å². The average Bonchev–Trinajstić information content (AvgIpc) is 2.52. The highest BCUT2D eigenvalue weighted by Gasteiger charge is 2.06. The van der Waals surface area contributed by atoms with E-state index in [0.717, 1.165) is 26.5 Å². The van der Waals surface area contributed by atoms with Crippen molar-refractivity contribution in [1.82, 2.24) is 4.90 Å². The summed E-state index contributed by atoms with van der Waals surface area (Å²) in [5, 5.41) is 4.53. The first-order chi connectivity index (χ1) is 11.0. The molecule has 0 saturated heterocycles. The molecule has 0 aliphatic carbocycles. The molecule has 0 atom stereocenters. The van der Waals surface area contributed by atoms with Crippen molar-refractivity contribution >= 4 is 50.5 Å². The minimum absolute atomic E-state index is 0.550. The maximum atomic E-state index is 6.12. The number of nitrogens with one attached hydrogen (secondary N) is 1. The average molecular weight is 414 g/mol. The van der Waals surface area contributed by atoms with Crippen molar-refractivity contribution in [3.05, 3.63) is 57.5 Å². The molecule has 0 aliphatic heterocycles. The molecule has 0 bridgehead atoms. The van der Waals surface area contributed by atoms with Crippen molar-refractivity contribution in [1.29, 1.82) is 0 Å². The van der Waals surface area contributed by atoms with Crippen LogP contribution in [0.25, 0.3) is 0 Å². The summed E-state index contributed by atoms with van der Waals surface area (Å²) in [5.41, 5.74) is 1.92. The summed E-state index contributed by atoms with van der Waals surface area (Å²) in [6, 6.07) is 13.5. The number of benzene rings is 2. The Bertz CT molecular complexity index is 679. The van der Waals surface area contributed by atoms with Gasteiger partial charge in [0.25, 0.3) is 0 Å². The van der Waals surface area contributed by atoms with Gasteiger partial charge in [0, 0.05) is 22.2 Å². The van der Waals surface area contributed by atoms with E-state index in [-0.39, 0.29) is 0 Å². The van der Waals surface area contributed by atoms with Crippen LogP contribution in [0.4, 0.5) is 5.69 Å². The van der Waals surface area contributed by atoms with E-state index in [0.29, 0.717) is 18.3 Å². The summed E-state index contributed by atoms with van der Waals surface area (Å²) in [6.07, 6.45) is 0. The molecule has 0 aliphatic rings. The van der Waals surface area contributed by atoms with Crippen molar-refractivity contribution < 1.29 is 4.74 Å². The molecule has 6 heteroatoms. The van der Waals surface area contributed by atoms with E-state index in [1.165, 1.54) is 0 Å². The van der Waals surface area contributed by atoms with Crippen LogP contribution in [0.1, 0.15) is 5.56 Å². The summed E-state index contributed by atoms with van der Waals surface area (Å²) in [4.78, 5) is 1.93. The Labute approximate surface area is 155 Å². The summed E-state index contributed by atoms with van der Waals surface area (Å²) in [6.45, 7) is 3.20. The maximum absolute atomic E-state index is 6.12. The third-order valence-corrected chi connectivity index (χ3v) is 4.63. The monoisotopic (exact) mass is 412 g/mol. The van der Waals surface area contributed by atoms with Crippen molar-refractivity contribution in [2.75, 3.05) is 25.5 Å². The first kappa shape index (κ1) is 18.0. The summed E-state index contributed by atoms with van der Waals surface area (Å²) >= 11 is 14.9. The van der Waals surface area contributed by atoms with E-state index in [2.05, 4.69) is 21.2 Å².